The lowest BCUT2D eigenvalue weighted by molar-refractivity contribution is 0.0994. The highest BCUT2D eigenvalue weighted by Crippen LogP contribution is 2.30. The third kappa shape index (κ3) is 4.45. The number of hydrogen-bond donors (Lipinski definition) is 0. The Bertz CT molecular complexity index is 924. The number of aromatic nitrogens is 3. The van der Waals surface area contributed by atoms with Crippen molar-refractivity contribution in [1.82, 2.24) is 14.8 Å². The average molecular weight is 383 g/mol. The number of Topliss-reactive ketones (excluding diaryl/α,β-unsaturated/α-hetero) is 1. The number of halogens is 1. The van der Waals surface area contributed by atoms with E-state index >= 15 is 0 Å². The predicted molar refractivity (Wildman–Crippen MR) is 106 cm³/mol. The Morgan fingerprint density at radius 1 is 1.04 bits per heavy atom. The lowest BCUT2D eigenvalue weighted by atomic mass is 10.1. The molecule has 0 aliphatic rings. The van der Waals surface area contributed by atoms with Gasteiger partial charge in [0.2, 0.25) is 0 Å². The topological polar surface area (TPSA) is 47.8 Å². The van der Waals surface area contributed by atoms with Gasteiger partial charge in [-0.25, -0.2) is 4.39 Å². The molecule has 6 heteroatoms. The molecule has 0 N–H and O–H groups in total. The zero-order chi connectivity index (χ0) is 19.4. The van der Waals surface area contributed by atoms with Gasteiger partial charge in [-0.2, -0.15) is 0 Å². The molecule has 2 aromatic carbocycles. The molecule has 27 heavy (non-hydrogen) atoms. The first-order chi connectivity index (χ1) is 13.0. The van der Waals surface area contributed by atoms with Crippen LogP contribution >= 0.6 is 11.8 Å². The third-order valence-corrected chi connectivity index (χ3v) is 5.17. The number of nitrogens with zero attached hydrogens (tertiary/aromatic N) is 3. The highest BCUT2D eigenvalue weighted by Gasteiger charge is 2.23. The number of hydrogen-bond acceptors (Lipinski definition) is 4. The standard InChI is InChI=1S/C21H22FN3OS/c1-14(2)13-25-20(17-11-7-8-12-18(17)22)23-24-21(25)27-15(3)19(26)16-9-5-4-6-10-16/h4-12,14-15H,13H2,1-3H3/t15-/m0/s1. The Morgan fingerprint density at radius 2 is 1.70 bits per heavy atom. The number of carbonyl (C=O) groups excluding carboxylic acids is 1. The number of thioether (sulfide) groups is 1. The summed E-state index contributed by atoms with van der Waals surface area (Å²) >= 11 is 1.35. The molecule has 1 atom stereocenters. The van der Waals surface area contributed by atoms with Crippen molar-refractivity contribution in [2.24, 2.45) is 5.92 Å². The number of rotatable bonds is 7. The largest absolute Gasteiger partial charge is 0.302 e. The lowest BCUT2D eigenvalue weighted by Gasteiger charge is -2.15. The molecule has 0 spiro atoms. The Balaban J connectivity index is 1.91. The Morgan fingerprint density at radius 3 is 2.37 bits per heavy atom. The van der Waals surface area contributed by atoms with Gasteiger partial charge in [-0.05, 0) is 25.0 Å². The molecule has 1 heterocycles. The van der Waals surface area contributed by atoms with Crippen LogP contribution in [0.25, 0.3) is 11.4 Å². The van der Waals surface area contributed by atoms with Crippen LogP contribution in [0.5, 0.6) is 0 Å². The van der Waals surface area contributed by atoms with Gasteiger partial charge in [0.05, 0.1) is 10.8 Å². The van der Waals surface area contributed by atoms with Gasteiger partial charge in [0.15, 0.2) is 16.8 Å². The van der Waals surface area contributed by atoms with Crippen molar-refractivity contribution in [2.45, 2.75) is 37.7 Å². The zero-order valence-electron chi connectivity index (χ0n) is 15.6. The van der Waals surface area contributed by atoms with Crippen molar-refractivity contribution in [3.63, 3.8) is 0 Å². The van der Waals surface area contributed by atoms with E-state index in [4.69, 9.17) is 0 Å². The highest BCUT2D eigenvalue weighted by atomic mass is 32.2. The molecule has 4 nitrogen and oxygen atoms in total. The van der Waals surface area contributed by atoms with Gasteiger partial charge in [-0.15, -0.1) is 10.2 Å². The SMILES string of the molecule is CC(C)Cn1c(S[C@@H](C)C(=O)c2ccccc2)nnc1-c1ccccc1F. The molecule has 140 valence electrons. The van der Waals surface area contributed by atoms with Crippen LogP contribution in [0.15, 0.2) is 59.8 Å². The summed E-state index contributed by atoms with van der Waals surface area (Å²) < 4.78 is 16.2. The Hall–Kier alpha value is -2.47. The van der Waals surface area contributed by atoms with Crippen molar-refractivity contribution in [1.29, 1.82) is 0 Å². The molecule has 0 bridgehead atoms. The molecule has 3 rings (SSSR count). The molecule has 0 unspecified atom stereocenters. The Labute approximate surface area is 162 Å². The molecule has 0 aliphatic carbocycles. The molecule has 0 fully saturated rings. The first kappa shape index (κ1) is 19.3. The van der Waals surface area contributed by atoms with Gasteiger partial charge in [0.1, 0.15) is 5.82 Å². The summed E-state index contributed by atoms with van der Waals surface area (Å²) in [6, 6.07) is 15.7. The summed E-state index contributed by atoms with van der Waals surface area (Å²) in [4.78, 5) is 12.7. The lowest BCUT2D eigenvalue weighted by Crippen LogP contribution is -2.15. The maximum atomic E-state index is 14.3. The van der Waals surface area contributed by atoms with Gasteiger partial charge in [-0.3, -0.25) is 4.79 Å². The summed E-state index contributed by atoms with van der Waals surface area (Å²) in [5, 5.41) is 8.79. The molecule has 0 saturated heterocycles. The number of ketones is 1. The highest BCUT2D eigenvalue weighted by molar-refractivity contribution is 8.00. The fourth-order valence-electron chi connectivity index (χ4n) is 2.80. The molecule has 0 amide bonds. The van der Waals surface area contributed by atoms with E-state index in [1.165, 1.54) is 17.8 Å². The molecule has 0 saturated carbocycles. The van der Waals surface area contributed by atoms with E-state index in [2.05, 4.69) is 24.0 Å². The summed E-state index contributed by atoms with van der Waals surface area (Å²) in [6.07, 6.45) is 0. The van der Waals surface area contributed by atoms with E-state index in [1.54, 1.807) is 18.2 Å². The van der Waals surface area contributed by atoms with Crippen LogP contribution in [0.1, 0.15) is 31.1 Å². The van der Waals surface area contributed by atoms with Crippen LogP contribution in [0.3, 0.4) is 0 Å². The van der Waals surface area contributed by atoms with E-state index in [0.717, 1.165) is 0 Å². The van der Waals surface area contributed by atoms with Crippen molar-refractivity contribution in [3.05, 3.63) is 66.0 Å². The minimum Gasteiger partial charge on any atom is -0.302 e. The van der Waals surface area contributed by atoms with E-state index < -0.39 is 0 Å². The molecular weight excluding hydrogens is 361 g/mol. The quantitative estimate of drug-likeness (QED) is 0.420. The molecule has 1 aromatic heterocycles. The minimum atomic E-state index is -0.333. The van der Waals surface area contributed by atoms with Crippen molar-refractivity contribution in [3.8, 4) is 11.4 Å². The van der Waals surface area contributed by atoms with E-state index in [-0.39, 0.29) is 16.9 Å². The zero-order valence-corrected chi connectivity index (χ0v) is 16.4. The third-order valence-electron chi connectivity index (χ3n) is 4.09. The van der Waals surface area contributed by atoms with Gasteiger partial charge in [0, 0.05) is 12.1 Å². The van der Waals surface area contributed by atoms with Crippen molar-refractivity contribution < 1.29 is 9.18 Å². The van der Waals surface area contributed by atoms with Gasteiger partial charge in [-0.1, -0.05) is 68.1 Å². The Kier molecular flexibility index (Phi) is 6.06. The van der Waals surface area contributed by atoms with Crippen LogP contribution in [0.2, 0.25) is 0 Å². The minimum absolute atomic E-state index is 0.0344. The normalized spacial score (nSPS) is 12.3. The van der Waals surface area contributed by atoms with Gasteiger partial charge < -0.3 is 4.57 Å². The molecule has 3 aromatic rings. The fraction of sp³-hybridized carbons (Fsp3) is 0.286. The maximum absolute atomic E-state index is 14.3. The van der Waals surface area contributed by atoms with Gasteiger partial charge in [0.25, 0.3) is 0 Å². The second-order valence-electron chi connectivity index (χ2n) is 6.78. The maximum Gasteiger partial charge on any atom is 0.192 e. The first-order valence-electron chi connectivity index (χ1n) is 8.91. The summed E-state index contributed by atoms with van der Waals surface area (Å²) in [7, 11) is 0. The van der Waals surface area contributed by atoms with Crippen molar-refractivity contribution >= 4 is 17.5 Å². The fourth-order valence-corrected chi connectivity index (χ4v) is 3.73. The molecular formula is C21H22FN3OS. The summed E-state index contributed by atoms with van der Waals surface area (Å²) in [6.45, 7) is 6.67. The predicted octanol–water partition coefficient (Wildman–Crippen LogP) is 5.10. The van der Waals surface area contributed by atoms with Crippen LogP contribution in [-0.2, 0) is 6.54 Å². The molecule has 0 aliphatic heterocycles. The van der Waals surface area contributed by atoms with E-state index in [0.29, 0.717) is 34.6 Å². The second-order valence-corrected chi connectivity index (χ2v) is 8.09. The van der Waals surface area contributed by atoms with E-state index in [1.807, 2.05) is 41.8 Å². The monoisotopic (exact) mass is 383 g/mol. The van der Waals surface area contributed by atoms with Crippen LogP contribution in [0, 0.1) is 11.7 Å². The summed E-state index contributed by atoms with van der Waals surface area (Å²) in [5.74, 6) is 0.515. The number of benzene rings is 2. The summed E-state index contributed by atoms with van der Waals surface area (Å²) in [5.41, 5.74) is 1.08. The van der Waals surface area contributed by atoms with Crippen molar-refractivity contribution in [2.75, 3.05) is 0 Å². The van der Waals surface area contributed by atoms with Crippen LogP contribution in [-0.4, -0.2) is 25.8 Å². The first-order valence-corrected chi connectivity index (χ1v) is 9.79. The van der Waals surface area contributed by atoms with Gasteiger partial charge >= 0.3 is 0 Å². The van der Waals surface area contributed by atoms with Crippen LogP contribution in [0.4, 0.5) is 4.39 Å². The van der Waals surface area contributed by atoms with Crippen LogP contribution < -0.4 is 0 Å². The second kappa shape index (κ2) is 8.48. The average Bonchev–Trinajstić information content (AvgIpc) is 3.03. The smallest absolute Gasteiger partial charge is 0.192 e. The van der Waals surface area contributed by atoms with E-state index in [9.17, 15) is 9.18 Å². The number of carbonyl (C=O) groups is 1. The molecule has 0 radical (unpaired) electrons.